The fourth-order valence-corrected chi connectivity index (χ4v) is 4.44. The Hall–Kier alpha value is -2.62. The van der Waals surface area contributed by atoms with Gasteiger partial charge < -0.3 is 5.32 Å². The number of carbonyl (C=O) groups excluding carboxylic acids is 1. The molecule has 27 heavy (non-hydrogen) atoms. The van der Waals surface area contributed by atoms with Gasteiger partial charge in [0.1, 0.15) is 4.34 Å². The first-order valence-electron chi connectivity index (χ1n) is 8.47. The highest BCUT2D eigenvalue weighted by molar-refractivity contribution is 8.00. The van der Waals surface area contributed by atoms with E-state index in [-0.39, 0.29) is 12.3 Å². The minimum atomic E-state index is -0.115. The SMILES string of the molecule is Cc1ccc(C)c(CSc2nc(CC(=O)Nc3ccc(C#N)cc3)cs2)c1. The fourth-order valence-electron chi connectivity index (χ4n) is 2.53. The third kappa shape index (κ3) is 5.43. The van der Waals surface area contributed by atoms with E-state index in [2.05, 4.69) is 48.4 Å². The van der Waals surface area contributed by atoms with Crippen molar-refractivity contribution in [3.63, 3.8) is 0 Å². The summed E-state index contributed by atoms with van der Waals surface area (Å²) in [7, 11) is 0. The maximum Gasteiger partial charge on any atom is 0.230 e. The zero-order chi connectivity index (χ0) is 19.2. The molecule has 0 aliphatic rings. The normalized spacial score (nSPS) is 10.4. The van der Waals surface area contributed by atoms with E-state index >= 15 is 0 Å². The average Bonchev–Trinajstić information content (AvgIpc) is 3.10. The number of anilines is 1. The van der Waals surface area contributed by atoms with Gasteiger partial charge in [-0.1, -0.05) is 35.5 Å². The zero-order valence-corrected chi connectivity index (χ0v) is 16.8. The molecule has 1 heterocycles. The van der Waals surface area contributed by atoms with Gasteiger partial charge in [-0.05, 0) is 49.2 Å². The number of aromatic nitrogens is 1. The fraction of sp³-hybridized carbons (Fsp3) is 0.190. The van der Waals surface area contributed by atoms with Crippen LogP contribution < -0.4 is 5.32 Å². The second-order valence-corrected chi connectivity index (χ2v) is 8.32. The third-order valence-electron chi connectivity index (χ3n) is 4.03. The van der Waals surface area contributed by atoms with Crippen molar-refractivity contribution in [3.05, 3.63) is 75.8 Å². The van der Waals surface area contributed by atoms with Gasteiger partial charge in [-0.15, -0.1) is 11.3 Å². The van der Waals surface area contributed by atoms with E-state index in [0.717, 1.165) is 15.8 Å². The molecule has 3 aromatic rings. The highest BCUT2D eigenvalue weighted by Gasteiger charge is 2.09. The summed E-state index contributed by atoms with van der Waals surface area (Å²) in [5, 5.41) is 13.6. The lowest BCUT2D eigenvalue weighted by Gasteiger charge is -2.05. The van der Waals surface area contributed by atoms with Gasteiger partial charge in [0.25, 0.3) is 0 Å². The number of thioether (sulfide) groups is 1. The van der Waals surface area contributed by atoms with E-state index in [1.807, 2.05) is 5.38 Å². The molecule has 0 fully saturated rings. The van der Waals surface area contributed by atoms with E-state index in [9.17, 15) is 4.79 Å². The van der Waals surface area contributed by atoms with Gasteiger partial charge in [-0.25, -0.2) is 4.98 Å². The largest absolute Gasteiger partial charge is 0.326 e. The van der Waals surface area contributed by atoms with Crippen molar-refractivity contribution in [1.29, 1.82) is 5.26 Å². The average molecular weight is 394 g/mol. The molecule has 0 bridgehead atoms. The van der Waals surface area contributed by atoms with Crippen LogP contribution in [0.4, 0.5) is 5.69 Å². The number of hydrogen-bond donors (Lipinski definition) is 1. The van der Waals surface area contributed by atoms with Crippen LogP contribution in [0.15, 0.2) is 52.2 Å². The van der Waals surface area contributed by atoms with Crippen LogP contribution >= 0.6 is 23.1 Å². The second-order valence-electron chi connectivity index (χ2n) is 6.24. The van der Waals surface area contributed by atoms with Crippen molar-refractivity contribution >= 4 is 34.7 Å². The van der Waals surface area contributed by atoms with Crippen molar-refractivity contribution in [1.82, 2.24) is 4.98 Å². The molecule has 1 aromatic heterocycles. The Bertz CT molecular complexity index is 987. The molecular weight excluding hydrogens is 374 g/mol. The Kier molecular flexibility index (Phi) is 6.28. The van der Waals surface area contributed by atoms with Crippen molar-refractivity contribution in [2.24, 2.45) is 0 Å². The number of nitriles is 1. The number of nitrogens with one attached hydrogen (secondary N) is 1. The minimum Gasteiger partial charge on any atom is -0.326 e. The first-order chi connectivity index (χ1) is 13.0. The molecule has 136 valence electrons. The van der Waals surface area contributed by atoms with Crippen LogP contribution in [0.1, 0.15) is 27.9 Å². The highest BCUT2D eigenvalue weighted by atomic mass is 32.2. The van der Waals surface area contributed by atoms with E-state index in [1.165, 1.54) is 16.7 Å². The van der Waals surface area contributed by atoms with Gasteiger partial charge in [0.05, 0.1) is 23.7 Å². The summed E-state index contributed by atoms with van der Waals surface area (Å²) in [4.78, 5) is 16.8. The zero-order valence-electron chi connectivity index (χ0n) is 15.2. The Morgan fingerprint density at radius 2 is 2.00 bits per heavy atom. The van der Waals surface area contributed by atoms with Crippen molar-refractivity contribution in [2.75, 3.05) is 5.32 Å². The van der Waals surface area contributed by atoms with E-state index < -0.39 is 0 Å². The van der Waals surface area contributed by atoms with E-state index in [0.29, 0.717) is 11.3 Å². The standard InChI is InChI=1S/C21H19N3OS2/c1-14-3-4-15(2)17(9-14)12-26-21-24-19(13-27-21)10-20(25)23-18-7-5-16(11-22)6-8-18/h3-9,13H,10,12H2,1-2H3,(H,23,25). The highest BCUT2D eigenvalue weighted by Crippen LogP contribution is 2.28. The summed E-state index contributed by atoms with van der Waals surface area (Å²) in [5.41, 5.74) is 5.88. The quantitative estimate of drug-likeness (QED) is 0.591. The van der Waals surface area contributed by atoms with Crippen molar-refractivity contribution in [3.8, 4) is 6.07 Å². The molecule has 1 N–H and O–H groups in total. The molecule has 6 heteroatoms. The maximum absolute atomic E-state index is 12.2. The van der Waals surface area contributed by atoms with E-state index in [4.69, 9.17) is 5.26 Å². The lowest BCUT2D eigenvalue weighted by Crippen LogP contribution is -2.14. The molecule has 0 atom stereocenters. The van der Waals surface area contributed by atoms with Crippen LogP contribution in [-0.2, 0) is 17.0 Å². The van der Waals surface area contributed by atoms with Gasteiger partial charge in [-0.2, -0.15) is 5.26 Å². The lowest BCUT2D eigenvalue weighted by atomic mass is 10.1. The second kappa shape index (κ2) is 8.85. The summed E-state index contributed by atoms with van der Waals surface area (Å²) in [5.74, 6) is 0.758. The number of amides is 1. The smallest absolute Gasteiger partial charge is 0.230 e. The van der Waals surface area contributed by atoms with E-state index in [1.54, 1.807) is 47.4 Å². The molecule has 0 radical (unpaired) electrons. The van der Waals surface area contributed by atoms with Crippen LogP contribution in [0.25, 0.3) is 0 Å². The number of hydrogen-bond acceptors (Lipinski definition) is 5. The predicted octanol–water partition coefficient (Wildman–Crippen LogP) is 5.11. The minimum absolute atomic E-state index is 0.115. The molecule has 3 rings (SSSR count). The maximum atomic E-state index is 12.2. The van der Waals surface area contributed by atoms with Crippen molar-refractivity contribution < 1.29 is 4.79 Å². The molecule has 0 saturated heterocycles. The lowest BCUT2D eigenvalue weighted by molar-refractivity contribution is -0.115. The molecule has 0 unspecified atom stereocenters. The summed E-state index contributed by atoms with van der Waals surface area (Å²) >= 11 is 3.27. The molecule has 2 aromatic carbocycles. The van der Waals surface area contributed by atoms with Gasteiger partial charge >= 0.3 is 0 Å². The molecular formula is C21H19N3OS2. The Labute approximate surface area is 167 Å². The summed E-state index contributed by atoms with van der Waals surface area (Å²) < 4.78 is 0.970. The topological polar surface area (TPSA) is 65.8 Å². The summed E-state index contributed by atoms with van der Waals surface area (Å²) in [6, 6.07) is 15.3. The first kappa shape index (κ1) is 19.2. The molecule has 4 nitrogen and oxygen atoms in total. The van der Waals surface area contributed by atoms with Gasteiger partial charge in [0, 0.05) is 16.8 Å². The van der Waals surface area contributed by atoms with Crippen LogP contribution in [0.5, 0.6) is 0 Å². The Morgan fingerprint density at radius 3 is 2.74 bits per heavy atom. The summed E-state index contributed by atoms with van der Waals surface area (Å²) in [6.07, 6.45) is 0.237. The Balaban J connectivity index is 1.54. The molecule has 0 aliphatic heterocycles. The molecule has 1 amide bonds. The number of aryl methyl sites for hydroxylation is 2. The van der Waals surface area contributed by atoms with Gasteiger partial charge in [-0.3, -0.25) is 4.79 Å². The summed E-state index contributed by atoms with van der Waals surface area (Å²) in [6.45, 7) is 4.22. The number of rotatable bonds is 6. The predicted molar refractivity (Wildman–Crippen MR) is 111 cm³/mol. The monoisotopic (exact) mass is 393 g/mol. The number of benzene rings is 2. The number of thiazole rings is 1. The number of carbonyl (C=O) groups is 1. The number of nitrogens with zero attached hydrogens (tertiary/aromatic N) is 2. The van der Waals surface area contributed by atoms with Crippen LogP contribution in [0.2, 0.25) is 0 Å². The van der Waals surface area contributed by atoms with Crippen molar-refractivity contribution in [2.45, 2.75) is 30.4 Å². The van der Waals surface area contributed by atoms with Gasteiger partial charge in [0.2, 0.25) is 5.91 Å². The van der Waals surface area contributed by atoms with Crippen LogP contribution in [-0.4, -0.2) is 10.9 Å². The molecule has 0 spiro atoms. The Morgan fingerprint density at radius 1 is 1.22 bits per heavy atom. The molecule has 0 aliphatic carbocycles. The van der Waals surface area contributed by atoms with Gasteiger partial charge in [0.15, 0.2) is 0 Å². The molecule has 0 saturated carbocycles. The van der Waals surface area contributed by atoms with Crippen LogP contribution in [0.3, 0.4) is 0 Å². The van der Waals surface area contributed by atoms with Crippen LogP contribution in [0, 0.1) is 25.2 Å². The third-order valence-corrected chi connectivity index (χ3v) is 6.14. The first-order valence-corrected chi connectivity index (χ1v) is 10.3.